The van der Waals surface area contributed by atoms with Crippen LogP contribution in [0.5, 0.6) is 0 Å². The molecule has 3 rings (SSSR count). The van der Waals surface area contributed by atoms with E-state index in [9.17, 15) is 9.18 Å². The van der Waals surface area contributed by atoms with Gasteiger partial charge in [0.2, 0.25) is 0 Å². The molecule has 0 radical (unpaired) electrons. The number of hydrogen-bond donors (Lipinski definition) is 1. The van der Waals surface area contributed by atoms with Crippen molar-refractivity contribution < 1.29 is 4.39 Å². The minimum absolute atomic E-state index is 0.0852. The Balaban J connectivity index is 2.34. The molecule has 0 spiro atoms. The third-order valence-electron chi connectivity index (χ3n) is 2.95. The molecule has 4 nitrogen and oxygen atoms in total. The Hall–Kier alpha value is -2.69. The highest BCUT2D eigenvalue weighted by atomic mass is 19.1. The largest absolute Gasteiger partial charge is 0.396 e. The van der Waals surface area contributed by atoms with Crippen molar-refractivity contribution in [1.82, 2.24) is 9.55 Å². The maximum Gasteiger partial charge on any atom is 0.280 e. The lowest BCUT2D eigenvalue weighted by Crippen LogP contribution is -2.11. The van der Waals surface area contributed by atoms with Crippen molar-refractivity contribution in [3.05, 3.63) is 65.0 Å². The van der Waals surface area contributed by atoms with Gasteiger partial charge in [-0.3, -0.25) is 4.79 Å². The third-order valence-corrected chi connectivity index (χ3v) is 2.95. The van der Waals surface area contributed by atoms with Gasteiger partial charge in [0.25, 0.3) is 5.56 Å². The van der Waals surface area contributed by atoms with Crippen LogP contribution in [-0.4, -0.2) is 9.55 Å². The molecule has 3 aromatic rings. The summed E-state index contributed by atoms with van der Waals surface area (Å²) in [6, 6.07) is 11.5. The number of anilines is 1. The molecule has 1 aromatic heterocycles. The van der Waals surface area contributed by atoms with E-state index in [4.69, 9.17) is 5.73 Å². The summed E-state index contributed by atoms with van der Waals surface area (Å²) in [5.74, 6) is -0.500. The molecule has 0 aliphatic carbocycles. The van der Waals surface area contributed by atoms with Gasteiger partial charge in [-0.05, 0) is 24.3 Å². The molecule has 0 aliphatic rings. The zero-order valence-electron chi connectivity index (χ0n) is 9.88. The highest BCUT2D eigenvalue weighted by Gasteiger charge is 2.06. The SMILES string of the molecule is Nc1ccc(-n2cnc(=O)c3ccccc32)cc1F. The van der Waals surface area contributed by atoms with E-state index in [1.54, 1.807) is 28.8 Å². The Labute approximate surface area is 107 Å². The molecule has 0 aliphatic heterocycles. The van der Waals surface area contributed by atoms with Crippen molar-refractivity contribution in [3.8, 4) is 5.69 Å². The second kappa shape index (κ2) is 4.20. The van der Waals surface area contributed by atoms with Crippen LogP contribution in [0.4, 0.5) is 10.1 Å². The number of hydrogen-bond acceptors (Lipinski definition) is 3. The molecule has 1 heterocycles. The first-order chi connectivity index (χ1) is 9.16. The Morgan fingerprint density at radius 3 is 2.74 bits per heavy atom. The van der Waals surface area contributed by atoms with Gasteiger partial charge in [0, 0.05) is 6.07 Å². The minimum Gasteiger partial charge on any atom is -0.396 e. The maximum absolute atomic E-state index is 13.5. The second-order valence-electron chi connectivity index (χ2n) is 4.14. The molecular formula is C14H10FN3O. The van der Waals surface area contributed by atoms with Gasteiger partial charge in [0.1, 0.15) is 12.1 Å². The summed E-state index contributed by atoms with van der Waals surface area (Å²) in [4.78, 5) is 15.5. The maximum atomic E-state index is 13.5. The lowest BCUT2D eigenvalue weighted by molar-refractivity contribution is 0.631. The lowest BCUT2D eigenvalue weighted by atomic mass is 10.2. The molecule has 0 saturated heterocycles. The predicted octanol–water partition coefficient (Wildman–Crippen LogP) is 2.11. The lowest BCUT2D eigenvalue weighted by Gasteiger charge is -2.10. The summed E-state index contributed by atoms with van der Waals surface area (Å²) in [6.45, 7) is 0. The van der Waals surface area contributed by atoms with Crippen LogP contribution in [0.15, 0.2) is 53.6 Å². The van der Waals surface area contributed by atoms with Crippen molar-refractivity contribution in [2.75, 3.05) is 5.73 Å². The molecule has 0 amide bonds. The summed E-state index contributed by atoms with van der Waals surface area (Å²) >= 11 is 0. The third kappa shape index (κ3) is 1.85. The van der Waals surface area contributed by atoms with E-state index < -0.39 is 5.82 Å². The second-order valence-corrected chi connectivity index (χ2v) is 4.14. The highest BCUT2D eigenvalue weighted by molar-refractivity contribution is 5.79. The Kier molecular flexibility index (Phi) is 2.52. The quantitative estimate of drug-likeness (QED) is 0.677. The predicted molar refractivity (Wildman–Crippen MR) is 71.7 cm³/mol. The van der Waals surface area contributed by atoms with E-state index in [0.717, 1.165) is 0 Å². The van der Waals surface area contributed by atoms with Crippen molar-refractivity contribution in [2.45, 2.75) is 0 Å². The number of nitrogens with zero attached hydrogens (tertiary/aromatic N) is 2. The molecule has 2 N–H and O–H groups in total. The Bertz CT molecular complexity index is 826. The van der Waals surface area contributed by atoms with Crippen LogP contribution in [0.3, 0.4) is 0 Å². The van der Waals surface area contributed by atoms with Crippen molar-refractivity contribution >= 4 is 16.6 Å². The van der Waals surface area contributed by atoms with Gasteiger partial charge in [-0.15, -0.1) is 0 Å². The number of halogens is 1. The number of aromatic nitrogens is 2. The van der Waals surface area contributed by atoms with E-state index in [-0.39, 0.29) is 11.2 Å². The topological polar surface area (TPSA) is 60.9 Å². The Morgan fingerprint density at radius 2 is 1.95 bits per heavy atom. The van der Waals surface area contributed by atoms with Gasteiger partial charge < -0.3 is 10.3 Å². The zero-order chi connectivity index (χ0) is 13.4. The fourth-order valence-electron chi connectivity index (χ4n) is 1.98. The first-order valence-corrected chi connectivity index (χ1v) is 5.68. The monoisotopic (exact) mass is 255 g/mol. The fraction of sp³-hybridized carbons (Fsp3) is 0. The van der Waals surface area contributed by atoms with Gasteiger partial charge in [0.05, 0.1) is 22.3 Å². The number of para-hydroxylation sites is 1. The molecule has 0 unspecified atom stereocenters. The summed E-state index contributed by atoms with van der Waals surface area (Å²) < 4.78 is 15.2. The van der Waals surface area contributed by atoms with E-state index in [0.29, 0.717) is 16.6 Å². The summed E-state index contributed by atoms with van der Waals surface area (Å²) in [7, 11) is 0. The first-order valence-electron chi connectivity index (χ1n) is 5.68. The van der Waals surface area contributed by atoms with Crippen LogP contribution < -0.4 is 11.3 Å². The van der Waals surface area contributed by atoms with Gasteiger partial charge in [-0.1, -0.05) is 12.1 Å². The number of benzene rings is 2. The molecule has 2 aromatic carbocycles. The summed E-state index contributed by atoms with van der Waals surface area (Å²) in [5, 5.41) is 0.488. The average molecular weight is 255 g/mol. The van der Waals surface area contributed by atoms with Crippen molar-refractivity contribution in [3.63, 3.8) is 0 Å². The van der Waals surface area contributed by atoms with E-state index in [2.05, 4.69) is 4.98 Å². The van der Waals surface area contributed by atoms with Crippen LogP contribution in [0, 0.1) is 5.82 Å². The molecule has 0 bridgehead atoms. The minimum atomic E-state index is -0.500. The first kappa shape index (κ1) is 11.4. The fourth-order valence-corrected chi connectivity index (χ4v) is 1.98. The standard InChI is InChI=1S/C14H10FN3O/c15-11-7-9(5-6-12(11)16)18-8-17-14(19)10-3-1-2-4-13(10)18/h1-8H,16H2. The molecule has 0 fully saturated rings. The van der Waals surface area contributed by atoms with Crippen molar-refractivity contribution in [1.29, 1.82) is 0 Å². The molecule has 94 valence electrons. The number of fused-ring (bicyclic) bond motifs is 1. The van der Waals surface area contributed by atoms with E-state index in [1.165, 1.54) is 18.5 Å². The van der Waals surface area contributed by atoms with Gasteiger partial charge in [0.15, 0.2) is 0 Å². The smallest absolute Gasteiger partial charge is 0.280 e. The Morgan fingerprint density at radius 1 is 1.16 bits per heavy atom. The number of rotatable bonds is 1. The number of nitrogen functional groups attached to an aromatic ring is 1. The van der Waals surface area contributed by atoms with E-state index in [1.807, 2.05) is 6.07 Å². The molecule has 5 heteroatoms. The summed E-state index contributed by atoms with van der Waals surface area (Å²) in [6.07, 6.45) is 1.38. The molecule has 19 heavy (non-hydrogen) atoms. The van der Waals surface area contributed by atoms with Crippen molar-refractivity contribution in [2.24, 2.45) is 0 Å². The highest BCUT2D eigenvalue weighted by Crippen LogP contribution is 2.18. The van der Waals surface area contributed by atoms with Crippen LogP contribution in [-0.2, 0) is 0 Å². The van der Waals surface area contributed by atoms with Gasteiger partial charge >= 0.3 is 0 Å². The summed E-state index contributed by atoms with van der Waals surface area (Å²) in [5.41, 5.74) is 6.47. The van der Waals surface area contributed by atoms with Crippen LogP contribution in [0.25, 0.3) is 16.6 Å². The van der Waals surface area contributed by atoms with Crippen LogP contribution >= 0.6 is 0 Å². The molecular weight excluding hydrogens is 245 g/mol. The number of nitrogens with two attached hydrogens (primary N) is 1. The van der Waals surface area contributed by atoms with E-state index >= 15 is 0 Å². The molecule has 0 saturated carbocycles. The molecule has 0 atom stereocenters. The normalized spacial score (nSPS) is 10.8. The zero-order valence-corrected chi connectivity index (χ0v) is 9.88. The average Bonchev–Trinajstić information content (AvgIpc) is 2.43. The van der Waals surface area contributed by atoms with Crippen LogP contribution in [0.2, 0.25) is 0 Å². The van der Waals surface area contributed by atoms with Gasteiger partial charge in [-0.2, -0.15) is 4.98 Å². The van der Waals surface area contributed by atoms with Gasteiger partial charge in [-0.25, -0.2) is 4.39 Å². The van der Waals surface area contributed by atoms with Crippen LogP contribution in [0.1, 0.15) is 0 Å².